The van der Waals surface area contributed by atoms with E-state index in [-0.39, 0.29) is 12.5 Å². The topological polar surface area (TPSA) is 90.3 Å². The molecule has 0 fully saturated rings. The maximum Gasteiger partial charge on any atom is 0.255 e. The van der Waals surface area contributed by atoms with Crippen molar-refractivity contribution in [3.05, 3.63) is 97.1 Å². The zero-order chi connectivity index (χ0) is 32.1. The summed E-state index contributed by atoms with van der Waals surface area (Å²) in [6, 6.07) is 16.2. The first-order valence-corrected chi connectivity index (χ1v) is 17.2. The fraction of sp³-hybridized carbons (Fsp3) is 0.303. The Labute approximate surface area is 286 Å². The molecule has 5 rings (SSSR count). The highest BCUT2D eigenvalue weighted by Gasteiger charge is 2.35. The molecule has 0 saturated heterocycles. The predicted octanol–water partition coefficient (Wildman–Crippen LogP) is 9.45. The van der Waals surface area contributed by atoms with E-state index < -0.39 is 6.04 Å². The zero-order valence-electron chi connectivity index (χ0n) is 25.4. The monoisotopic (exact) mass is 729 g/mol. The summed E-state index contributed by atoms with van der Waals surface area (Å²) < 4.78 is 14.7. The molecule has 0 saturated carbocycles. The van der Waals surface area contributed by atoms with Crippen LogP contribution in [0.15, 0.2) is 75.5 Å². The largest absolute Gasteiger partial charge is 0.490 e. The van der Waals surface area contributed by atoms with Gasteiger partial charge in [-0.05, 0) is 90.6 Å². The van der Waals surface area contributed by atoms with Crippen LogP contribution >= 0.6 is 50.9 Å². The van der Waals surface area contributed by atoms with Crippen LogP contribution in [-0.2, 0) is 11.4 Å². The lowest BCUT2D eigenvalue weighted by molar-refractivity contribution is -0.113. The Morgan fingerprint density at radius 1 is 1.09 bits per heavy atom. The van der Waals surface area contributed by atoms with Crippen LogP contribution in [0.2, 0.25) is 10.0 Å². The third kappa shape index (κ3) is 7.62. The Balaban J connectivity index is 1.57. The van der Waals surface area contributed by atoms with Gasteiger partial charge in [-0.25, -0.2) is 4.68 Å². The number of hydrogen-bond acceptors (Lipinski definition) is 7. The van der Waals surface area contributed by atoms with Crippen LogP contribution in [0.5, 0.6) is 11.5 Å². The average molecular weight is 732 g/mol. The van der Waals surface area contributed by atoms with E-state index >= 15 is 0 Å². The van der Waals surface area contributed by atoms with Gasteiger partial charge in [-0.3, -0.25) is 4.79 Å². The minimum atomic E-state index is -0.610. The number of carbonyl (C=O) groups is 1. The molecule has 2 heterocycles. The van der Waals surface area contributed by atoms with E-state index in [4.69, 9.17) is 42.8 Å². The molecule has 1 atom stereocenters. The van der Waals surface area contributed by atoms with Crippen LogP contribution in [-0.4, -0.2) is 33.0 Å². The van der Waals surface area contributed by atoms with Crippen LogP contribution in [0, 0.1) is 6.92 Å². The number of amides is 1. The number of ether oxygens (including phenoxy) is 2. The maximum absolute atomic E-state index is 14.0. The molecule has 1 amide bonds. The molecule has 0 aliphatic carbocycles. The summed E-state index contributed by atoms with van der Waals surface area (Å²) in [6.07, 6.45) is 2.13. The number of fused-ring (bicyclic) bond motifs is 1. The minimum Gasteiger partial charge on any atom is -0.490 e. The summed E-state index contributed by atoms with van der Waals surface area (Å²) in [4.78, 5) is 18.8. The van der Waals surface area contributed by atoms with Gasteiger partial charge in [-0.2, -0.15) is 4.98 Å². The van der Waals surface area contributed by atoms with Crippen molar-refractivity contribution in [1.29, 1.82) is 0 Å². The number of aryl methyl sites for hydroxylation is 1. The summed E-state index contributed by atoms with van der Waals surface area (Å²) in [5, 5.41) is 12.9. The molecule has 1 aliphatic heterocycles. The number of rotatable bonds is 12. The van der Waals surface area contributed by atoms with Crippen LogP contribution in [0.3, 0.4) is 0 Å². The molecule has 236 valence electrons. The van der Waals surface area contributed by atoms with Crippen LogP contribution in [0.25, 0.3) is 0 Å². The van der Waals surface area contributed by atoms with Gasteiger partial charge in [0.2, 0.25) is 11.1 Å². The Kier molecular flexibility index (Phi) is 11.0. The first-order chi connectivity index (χ1) is 21.7. The number of benzene rings is 3. The van der Waals surface area contributed by atoms with Gasteiger partial charge in [-0.1, -0.05) is 66.5 Å². The fourth-order valence-electron chi connectivity index (χ4n) is 4.99. The van der Waals surface area contributed by atoms with Gasteiger partial charge in [0, 0.05) is 32.7 Å². The van der Waals surface area contributed by atoms with Crippen LogP contribution in [0.4, 0.5) is 11.6 Å². The predicted molar refractivity (Wildman–Crippen MR) is 186 cm³/mol. The zero-order valence-corrected chi connectivity index (χ0v) is 29.3. The third-order valence-electron chi connectivity index (χ3n) is 7.15. The Hall–Kier alpha value is -3.18. The molecule has 2 N–H and O–H groups in total. The summed E-state index contributed by atoms with van der Waals surface area (Å²) >= 11 is 18.1. The Morgan fingerprint density at radius 3 is 2.56 bits per heavy atom. The first kappa shape index (κ1) is 33.2. The van der Waals surface area contributed by atoms with Gasteiger partial charge in [0.25, 0.3) is 5.91 Å². The summed E-state index contributed by atoms with van der Waals surface area (Å²) in [7, 11) is 0. The highest BCUT2D eigenvalue weighted by atomic mass is 79.9. The molecular formula is C33H34BrCl2N5O3S. The highest BCUT2D eigenvalue weighted by molar-refractivity contribution is 9.10. The molecule has 3 aromatic carbocycles. The third-order valence-corrected chi connectivity index (χ3v) is 9.37. The van der Waals surface area contributed by atoms with Gasteiger partial charge in [-0.15, -0.1) is 5.10 Å². The van der Waals surface area contributed by atoms with Crippen molar-refractivity contribution >= 4 is 68.4 Å². The number of anilines is 2. The molecule has 0 spiro atoms. The van der Waals surface area contributed by atoms with Crippen molar-refractivity contribution in [3.8, 4) is 11.5 Å². The van der Waals surface area contributed by atoms with E-state index in [1.165, 1.54) is 0 Å². The summed E-state index contributed by atoms with van der Waals surface area (Å²) in [5.74, 6) is 2.20. The van der Waals surface area contributed by atoms with Crippen LogP contribution in [0.1, 0.15) is 56.3 Å². The lowest BCUT2D eigenvalue weighted by Crippen LogP contribution is -2.31. The number of nitrogens with one attached hydrogen (secondary N) is 2. The SMILES string of the molecule is CCCCSc1nc2n(n1)C(c1cc(Br)c(OCc3c(Cl)cccc3Cl)c(OCC)c1)C(C(=O)Nc1cccc(C)c1)=C(C)N2. The van der Waals surface area contributed by atoms with E-state index in [9.17, 15) is 4.79 Å². The number of hydrogen-bond donors (Lipinski definition) is 2. The Morgan fingerprint density at radius 2 is 1.84 bits per heavy atom. The van der Waals surface area contributed by atoms with Gasteiger partial charge >= 0.3 is 0 Å². The van der Waals surface area contributed by atoms with Crippen LogP contribution < -0.4 is 20.1 Å². The molecule has 12 heteroatoms. The highest BCUT2D eigenvalue weighted by Crippen LogP contribution is 2.44. The van der Waals surface area contributed by atoms with Gasteiger partial charge in [0.1, 0.15) is 12.6 Å². The van der Waals surface area contributed by atoms with Crippen molar-refractivity contribution in [2.45, 2.75) is 58.3 Å². The summed E-state index contributed by atoms with van der Waals surface area (Å²) in [6.45, 7) is 8.46. The second-order valence-corrected chi connectivity index (χ2v) is 13.2. The normalized spacial score (nSPS) is 14.2. The standard InChI is InChI=1S/C33H34BrCl2N5O3S/c1-5-7-14-45-33-39-32-37-20(4)28(31(42)38-22-11-8-10-19(3)15-22)29(41(32)40-33)21-16-24(34)30(27(17-21)43-6-2)44-18-23-25(35)12-9-13-26(23)36/h8-13,15-17,29H,5-7,14,18H2,1-4H3,(H,38,42)(H,37,39,40). The maximum atomic E-state index is 14.0. The number of halogens is 3. The van der Waals surface area contributed by atoms with Crippen molar-refractivity contribution < 1.29 is 14.3 Å². The van der Waals surface area contributed by atoms with E-state index in [0.717, 1.165) is 29.7 Å². The number of allylic oxidation sites excluding steroid dienone is 1. The Bertz CT molecular complexity index is 1730. The molecule has 45 heavy (non-hydrogen) atoms. The number of unbranched alkanes of at least 4 members (excludes halogenated alkanes) is 1. The number of aromatic nitrogens is 3. The second-order valence-electron chi connectivity index (χ2n) is 10.5. The van der Waals surface area contributed by atoms with E-state index in [1.54, 1.807) is 34.6 Å². The van der Waals surface area contributed by atoms with E-state index in [1.807, 2.05) is 57.2 Å². The summed E-state index contributed by atoms with van der Waals surface area (Å²) in [5.41, 5.74) is 4.37. The lowest BCUT2D eigenvalue weighted by atomic mass is 9.94. The van der Waals surface area contributed by atoms with Crippen molar-refractivity contribution in [2.75, 3.05) is 23.0 Å². The molecule has 0 bridgehead atoms. The van der Waals surface area contributed by atoms with Crippen molar-refractivity contribution in [3.63, 3.8) is 0 Å². The van der Waals surface area contributed by atoms with Crippen molar-refractivity contribution in [2.24, 2.45) is 0 Å². The molecular weight excluding hydrogens is 697 g/mol. The minimum absolute atomic E-state index is 0.138. The average Bonchev–Trinajstić information content (AvgIpc) is 3.39. The number of carbonyl (C=O) groups excluding carboxylic acids is 1. The lowest BCUT2D eigenvalue weighted by Gasteiger charge is -2.29. The van der Waals surface area contributed by atoms with E-state index in [0.29, 0.717) is 66.2 Å². The second kappa shape index (κ2) is 14.9. The molecule has 8 nitrogen and oxygen atoms in total. The van der Waals surface area contributed by atoms with Gasteiger partial charge in [0.15, 0.2) is 11.5 Å². The number of thioether (sulfide) groups is 1. The molecule has 0 radical (unpaired) electrons. The first-order valence-electron chi connectivity index (χ1n) is 14.7. The molecule has 4 aromatic rings. The fourth-order valence-corrected chi connectivity index (χ4v) is 6.98. The molecule has 1 aliphatic rings. The quantitative estimate of drug-likeness (QED) is 0.111. The molecule has 1 unspecified atom stereocenters. The van der Waals surface area contributed by atoms with Gasteiger partial charge < -0.3 is 20.1 Å². The van der Waals surface area contributed by atoms with Gasteiger partial charge in [0.05, 0.1) is 16.7 Å². The number of nitrogens with zero attached hydrogens (tertiary/aromatic N) is 3. The molecule has 1 aromatic heterocycles. The smallest absolute Gasteiger partial charge is 0.255 e. The van der Waals surface area contributed by atoms with E-state index in [2.05, 4.69) is 33.5 Å². The van der Waals surface area contributed by atoms with Crippen molar-refractivity contribution in [1.82, 2.24) is 14.8 Å².